The molecule has 1 atom stereocenters. The van der Waals surface area contributed by atoms with E-state index in [2.05, 4.69) is 63.5 Å². The predicted molar refractivity (Wildman–Crippen MR) is 87.1 cm³/mol. The number of nitrogens with one attached hydrogen (secondary N) is 1. The van der Waals surface area contributed by atoms with Crippen molar-refractivity contribution in [2.75, 3.05) is 5.75 Å². The molecule has 2 aliphatic heterocycles. The SMILES string of the molecule is C/C=C(\C=C1\C(C)=CNC1C)C1=CC=C(CC)SC1. The van der Waals surface area contributed by atoms with Crippen molar-refractivity contribution in [1.82, 2.24) is 5.32 Å². The molecule has 0 fully saturated rings. The van der Waals surface area contributed by atoms with Crippen molar-refractivity contribution < 1.29 is 0 Å². The summed E-state index contributed by atoms with van der Waals surface area (Å²) in [4.78, 5) is 1.49. The Morgan fingerprint density at radius 1 is 1.47 bits per heavy atom. The monoisotopic (exact) mass is 273 g/mol. The fourth-order valence-corrected chi connectivity index (χ4v) is 3.36. The van der Waals surface area contributed by atoms with Gasteiger partial charge < -0.3 is 5.32 Å². The molecule has 0 aromatic carbocycles. The highest BCUT2D eigenvalue weighted by Gasteiger charge is 2.17. The topological polar surface area (TPSA) is 12.0 Å². The minimum absolute atomic E-state index is 0.425. The van der Waals surface area contributed by atoms with Crippen molar-refractivity contribution in [1.29, 1.82) is 0 Å². The summed E-state index contributed by atoms with van der Waals surface area (Å²) in [7, 11) is 0. The first-order chi connectivity index (χ1) is 9.15. The fraction of sp³-hybridized carbons (Fsp3) is 0.412. The number of hydrogen-bond donors (Lipinski definition) is 1. The van der Waals surface area contributed by atoms with E-state index < -0.39 is 0 Å². The highest BCUT2D eigenvalue weighted by Crippen LogP contribution is 2.31. The molecule has 0 saturated heterocycles. The van der Waals surface area contributed by atoms with E-state index in [0.29, 0.717) is 6.04 Å². The fourth-order valence-electron chi connectivity index (χ4n) is 2.39. The van der Waals surface area contributed by atoms with Crippen LogP contribution in [0.3, 0.4) is 0 Å². The zero-order chi connectivity index (χ0) is 13.8. The van der Waals surface area contributed by atoms with E-state index in [0.717, 1.165) is 12.2 Å². The van der Waals surface area contributed by atoms with Crippen LogP contribution < -0.4 is 5.32 Å². The van der Waals surface area contributed by atoms with Gasteiger partial charge in [0.15, 0.2) is 0 Å². The zero-order valence-electron chi connectivity index (χ0n) is 12.3. The Bertz CT molecular complexity index is 503. The van der Waals surface area contributed by atoms with Crippen LogP contribution in [-0.2, 0) is 0 Å². The molecule has 1 N–H and O–H groups in total. The Labute approximate surface area is 121 Å². The average molecular weight is 273 g/mol. The van der Waals surface area contributed by atoms with Gasteiger partial charge in [-0.25, -0.2) is 0 Å². The van der Waals surface area contributed by atoms with E-state index in [4.69, 9.17) is 0 Å². The highest BCUT2D eigenvalue weighted by atomic mass is 32.2. The van der Waals surface area contributed by atoms with Crippen molar-refractivity contribution >= 4 is 11.8 Å². The van der Waals surface area contributed by atoms with Crippen LogP contribution in [0.1, 0.15) is 34.1 Å². The Kier molecular flexibility index (Phi) is 4.76. The normalized spacial score (nSPS) is 25.9. The molecule has 2 heteroatoms. The van der Waals surface area contributed by atoms with Gasteiger partial charge >= 0.3 is 0 Å². The molecule has 1 unspecified atom stereocenters. The lowest BCUT2D eigenvalue weighted by Gasteiger charge is -2.16. The van der Waals surface area contributed by atoms with Crippen molar-refractivity contribution in [2.24, 2.45) is 0 Å². The van der Waals surface area contributed by atoms with Gasteiger partial charge in [0.05, 0.1) is 0 Å². The van der Waals surface area contributed by atoms with E-state index in [9.17, 15) is 0 Å². The third-order valence-corrected chi connectivity index (χ3v) is 4.95. The Balaban J connectivity index is 2.24. The Hall–Kier alpha value is -1.15. The molecule has 0 amide bonds. The highest BCUT2D eigenvalue weighted by molar-refractivity contribution is 8.03. The van der Waals surface area contributed by atoms with E-state index in [-0.39, 0.29) is 0 Å². The predicted octanol–water partition coefficient (Wildman–Crippen LogP) is 4.72. The van der Waals surface area contributed by atoms with Crippen LogP contribution in [0.2, 0.25) is 0 Å². The molecular weight excluding hydrogens is 250 g/mol. The number of rotatable bonds is 3. The Morgan fingerprint density at radius 3 is 2.74 bits per heavy atom. The summed E-state index contributed by atoms with van der Waals surface area (Å²) in [6.07, 6.45) is 12.4. The molecule has 2 rings (SSSR count). The molecule has 102 valence electrons. The first-order valence-corrected chi connectivity index (χ1v) is 7.98. The molecule has 0 radical (unpaired) electrons. The zero-order valence-corrected chi connectivity index (χ0v) is 13.1. The second-order valence-corrected chi connectivity index (χ2v) is 6.13. The number of thioether (sulfide) groups is 1. The van der Waals surface area contributed by atoms with Crippen LogP contribution in [0.4, 0.5) is 0 Å². The van der Waals surface area contributed by atoms with Gasteiger partial charge in [0, 0.05) is 18.0 Å². The van der Waals surface area contributed by atoms with E-state index in [1.165, 1.54) is 27.2 Å². The molecule has 2 aliphatic rings. The molecule has 0 spiro atoms. The summed E-state index contributed by atoms with van der Waals surface area (Å²) in [5.41, 5.74) is 5.55. The first kappa shape index (κ1) is 14.3. The molecule has 2 heterocycles. The quantitative estimate of drug-likeness (QED) is 0.798. The van der Waals surface area contributed by atoms with Gasteiger partial charge in [-0.1, -0.05) is 25.2 Å². The van der Waals surface area contributed by atoms with Crippen molar-refractivity contribution in [2.45, 2.75) is 40.2 Å². The largest absolute Gasteiger partial charge is 0.384 e. The average Bonchev–Trinajstić information content (AvgIpc) is 2.76. The maximum Gasteiger partial charge on any atom is 0.0483 e. The maximum absolute atomic E-state index is 3.37. The van der Waals surface area contributed by atoms with Gasteiger partial charge in [-0.15, -0.1) is 11.8 Å². The van der Waals surface area contributed by atoms with Crippen LogP contribution >= 0.6 is 11.8 Å². The molecular formula is C17H23NS. The van der Waals surface area contributed by atoms with Crippen LogP contribution in [0, 0.1) is 0 Å². The third-order valence-electron chi connectivity index (χ3n) is 3.70. The van der Waals surface area contributed by atoms with Crippen molar-refractivity contribution in [3.8, 4) is 0 Å². The van der Waals surface area contributed by atoms with Gasteiger partial charge in [-0.2, -0.15) is 0 Å². The summed E-state index contributed by atoms with van der Waals surface area (Å²) in [6, 6.07) is 0.425. The molecule has 0 bridgehead atoms. The molecule has 0 saturated carbocycles. The van der Waals surface area contributed by atoms with Gasteiger partial charge in [0.1, 0.15) is 0 Å². The van der Waals surface area contributed by atoms with Gasteiger partial charge in [0.2, 0.25) is 0 Å². The van der Waals surface area contributed by atoms with Crippen molar-refractivity contribution in [3.05, 3.63) is 57.7 Å². The smallest absolute Gasteiger partial charge is 0.0483 e. The van der Waals surface area contributed by atoms with Crippen LogP contribution in [0.25, 0.3) is 0 Å². The summed E-state index contributed by atoms with van der Waals surface area (Å²) in [6.45, 7) is 8.74. The second-order valence-electron chi connectivity index (χ2n) is 5.03. The van der Waals surface area contributed by atoms with Crippen LogP contribution in [-0.4, -0.2) is 11.8 Å². The van der Waals surface area contributed by atoms with Crippen molar-refractivity contribution in [3.63, 3.8) is 0 Å². The minimum atomic E-state index is 0.425. The molecule has 1 nitrogen and oxygen atoms in total. The summed E-state index contributed by atoms with van der Waals surface area (Å²) >= 11 is 1.97. The van der Waals surface area contributed by atoms with E-state index in [1.54, 1.807) is 0 Å². The van der Waals surface area contributed by atoms with Crippen LogP contribution in [0.5, 0.6) is 0 Å². The van der Waals surface area contributed by atoms with E-state index in [1.807, 2.05) is 11.8 Å². The Morgan fingerprint density at radius 2 is 2.26 bits per heavy atom. The second kappa shape index (κ2) is 6.33. The molecule has 0 aliphatic carbocycles. The minimum Gasteiger partial charge on any atom is -0.384 e. The lowest BCUT2D eigenvalue weighted by Crippen LogP contribution is -2.16. The van der Waals surface area contributed by atoms with E-state index >= 15 is 0 Å². The van der Waals surface area contributed by atoms with Gasteiger partial charge in [-0.05, 0) is 60.5 Å². The summed E-state index contributed by atoms with van der Waals surface area (Å²) < 4.78 is 0. The first-order valence-electron chi connectivity index (χ1n) is 6.99. The maximum atomic E-state index is 3.37. The lowest BCUT2D eigenvalue weighted by molar-refractivity contribution is 0.775. The molecule has 19 heavy (non-hydrogen) atoms. The number of hydrogen-bond acceptors (Lipinski definition) is 2. The number of allylic oxidation sites excluding steroid dienone is 6. The van der Waals surface area contributed by atoms with Crippen LogP contribution in [0.15, 0.2) is 57.7 Å². The lowest BCUT2D eigenvalue weighted by atomic mass is 9.98. The molecule has 0 aromatic heterocycles. The summed E-state index contributed by atoms with van der Waals surface area (Å²) in [5, 5.41) is 3.37. The van der Waals surface area contributed by atoms with Gasteiger partial charge in [-0.3, -0.25) is 0 Å². The summed E-state index contributed by atoms with van der Waals surface area (Å²) in [5.74, 6) is 1.09. The molecule has 0 aromatic rings. The third kappa shape index (κ3) is 3.24. The van der Waals surface area contributed by atoms with Gasteiger partial charge in [0.25, 0.3) is 0 Å². The standard InChI is InChI=1S/C17H23NS/c1-5-14(9-17-12(3)10-18-13(17)4)15-7-8-16(6-2)19-11-15/h5,7-10,13,18H,6,11H2,1-4H3/b14-5+,17-9-.